The highest BCUT2D eigenvalue weighted by atomic mass is 35.5. The number of hydrogen-bond donors (Lipinski definition) is 1. The summed E-state index contributed by atoms with van der Waals surface area (Å²) in [6.45, 7) is 3.94. The lowest BCUT2D eigenvalue weighted by molar-refractivity contribution is -0.122. The van der Waals surface area contributed by atoms with Crippen LogP contribution in [0.5, 0.6) is 0 Å². The average molecular weight is 329 g/mol. The Morgan fingerprint density at radius 1 is 1.17 bits per heavy atom. The van der Waals surface area contributed by atoms with Crippen molar-refractivity contribution in [3.63, 3.8) is 0 Å². The number of para-hydroxylation sites is 1. The van der Waals surface area contributed by atoms with Gasteiger partial charge in [0.1, 0.15) is 5.69 Å². The van der Waals surface area contributed by atoms with E-state index in [1.54, 1.807) is 6.07 Å². The molecule has 1 N–H and O–H groups in total. The average Bonchev–Trinajstić information content (AvgIpc) is 2.92. The Labute approximate surface area is 139 Å². The smallest absolute Gasteiger partial charge is 0.226 e. The molecule has 0 spiro atoms. The van der Waals surface area contributed by atoms with Gasteiger partial charge in [-0.2, -0.15) is 0 Å². The number of aromatic nitrogens is 1. The zero-order valence-corrected chi connectivity index (χ0v) is 13.7. The minimum Gasteiger partial charge on any atom is -0.354 e. The molecule has 23 heavy (non-hydrogen) atoms. The highest BCUT2D eigenvalue weighted by Crippen LogP contribution is 2.26. The number of benzene rings is 2. The molecule has 3 aromatic rings. The largest absolute Gasteiger partial charge is 0.354 e. The van der Waals surface area contributed by atoms with E-state index >= 15 is 0 Å². The zero-order valence-electron chi connectivity index (χ0n) is 13.0. The zero-order chi connectivity index (χ0) is 16.4. The Hall–Kier alpha value is -2.33. The molecular formula is C18H17ClN2O2. The normalized spacial score (nSPS) is 11.6. The molecule has 0 saturated heterocycles. The molecule has 5 heteroatoms. The highest BCUT2D eigenvalue weighted by Gasteiger charge is 2.23. The van der Waals surface area contributed by atoms with Crippen molar-refractivity contribution in [1.29, 1.82) is 0 Å². The Balaban J connectivity index is 1.78. The van der Waals surface area contributed by atoms with Gasteiger partial charge in [-0.1, -0.05) is 53.2 Å². The number of nitrogens with zero attached hydrogens (tertiary/aromatic N) is 1. The van der Waals surface area contributed by atoms with Gasteiger partial charge in [-0.15, -0.1) is 0 Å². The fourth-order valence-corrected chi connectivity index (χ4v) is 2.79. The first kappa shape index (κ1) is 15.6. The summed E-state index contributed by atoms with van der Waals surface area (Å²) >= 11 is 6.06. The van der Waals surface area contributed by atoms with Crippen LogP contribution >= 0.6 is 11.6 Å². The van der Waals surface area contributed by atoms with Gasteiger partial charge < -0.3 is 9.84 Å². The summed E-state index contributed by atoms with van der Waals surface area (Å²) in [5.74, 6) is -0.117. The van der Waals surface area contributed by atoms with Crippen molar-refractivity contribution >= 4 is 28.5 Å². The van der Waals surface area contributed by atoms with Crippen LogP contribution in [0.3, 0.4) is 0 Å². The van der Waals surface area contributed by atoms with Crippen molar-refractivity contribution in [3.8, 4) is 0 Å². The predicted molar refractivity (Wildman–Crippen MR) is 90.3 cm³/mol. The standard InChI is InChI=1S/C18H17ClN2O2/c1-18(2,12-7-4-3-5-8-12)20-16(22)11-15-13-9-6-10-14(19)17(13)23-21-15/h3-10H,11H2,1-2H3,(H,20,22). The number of rotatable bonds is 4. The number of carbonyl (C=O) groups excluding carboxylic acids is 1. The van der Waals surface area contributed by atoms with Crippen molar-refractivity contribution in [3.05, 3.63) is 64.8 Å². The van der Waals surface area contributed by atoms with Crippen molar-refractivity contribution in [2.24, 2.45) is 0 Å². The molecule has 0 atom stereocenters. The summed E-state index contributed by atoms with van der Waals surface area (Å²) in [4.78, 5) is 12.4. The van der Waals surface area contributed by atoms with Gasteiger partial charge in [-0.05, 0) is 31.5 Å². The fraction of sp³-hybridized carbons (Fsp3) is 0.222. The molecule has 0 unspecified atom stereocenters. The molecule has 1 heterocycles. The molecule has 3 rings (SSSR count). The summed E-state index contributed by atoms with van der Waals surface area (Å²) < 4.78 is 5.23. The Morgan fingerprint density at radius 3 is 2.65 bits per heavy atom. The summed E-state index contributed by atoms with van der Waals surface area (Å²) in [5.41, 5.74) is 1.68. The molecule has 4 nitrogen and oxygen atoms in total. The number of halogens is 1. The van der Waals surface area contributed by atoms with E-state index in [-0.39, 0.29) is 12.3 Å². The molecule has 1 amide bonds. The second kappa shape index (κ2) is 6.05. The molecule has 118 valence electrons. The van der Waals surface area contributed by atoms with Gasteiger partial charge in [0.2, 0.25) is 5.91 Å². The summed E-state index contributed by atoms with van der Waals surface area (Å²) in [5, 5.41) is 8.28. The van der Waals surface area contributed by atoms with Crippen LogP contribution in [0.25, 0.3) is 11.0 Å². The van der Waals surface area contributed by atoms with Crippen LogP contribution in [0.4, 0.5) is 0 Å². The lowest BCUT2D eigenvalue weighted by atomic mass is 9.94. The van der Waals surface area contributed by atoms with Crippen LogP contribution in [0.1, 0.15) is 25.1 Å². The highest BCUT2D eigenvalue weighted by molar-refractivity contribution is 6.34. The number of nitrogens with one attached hydrogen (secondary N) is 1. The lowest BCUT2D eigenvalue weighted by Gasteiger charge is -2.26. The van der Waals surface area contributed by atoms with Crippen molar-refractivity contribution < 1.29 is 9.32 Å². The maximum absolute atomic E-state index is 12.4. The molecule has 1 aromatic heterocycles. The van der Waals surface area contributed by atoms with Crippen LogP contribution < -0.4 is 5.32 Å². The summed E-state index contributed by atoms with van der Waals surface area (Å²) in [6, 6.07) is 15.2. The van der Waals surface area contributed by atoms with Gasteiger partial charge in [0.25, 0.3) is 0 Å². The Bertz CT molecular complexity index is 841. The number of fused-ring (bicyclic) bond motifs is 1. The van der Waals surface area contributed by atoms with E-state index in [0.29, 0.717) is 16.3 Å². The van der Waals surface area contributed by atoms with Gasteiger partial charge in [0, 0.05) is 5.39 Å². The minimum atomic E-state index is -0.463. The predicted octanol–water partition coefficient (Wildman–Crippen LogP) is 4.08. The lowest BCUT2D eigenvalue weighted by Crippen LogP contribution is -2.41. The van der Waals surface area contributed by atoms with E-state index in [1.807, 2.05) is 56.3 Å². The maximum Gasteiger partial charge on any atom is 0.226 e. The van der Waals surface area contributed by atoms with E-state index in [2.05, 4.69) is 10.5 Å². The molecule has 0 aliphatic heterocycles. The first-order chi connectivity index (χ1) is 11.0. The maximum atomic E-state index is 12.4. The monoisotopic (exact) mass is 328 g/mol. The molecule has 0 aliphatic rings. The quantitative estimate of drug-likeness (QED) is 0.785. The molecule has 2 aromatic carbocycles. The van der Waals surface area contributed by atoms with E-state index in [4.69, 9.17) is 16.1 Å². The molecule has 0 bridgehead atoms. The van der Waals surface area contributed by atoms with Crippen LogP contribution in [-0.2, 0) is 16.8 Å². The first-order valence-electron chi connectivity index (χ1n) is 7.37. The van der Waals surface area contributed by atoms with Gasteiger partial charge in [-0.3, -0.25) is 4.79 Å². The molecule has 0 fully saturated rings. The van der Waals surface area contributed by atoms with Crippen LogP contribution in [0.15, 0.2) is 53.1 Å². The van der Waals surface area contributed by atoms with E-state index in [9.17, 15) is 4.79 Å². The van der Waals surface area contributed by atoms with Gasteiger partial charge >= 0.3 is 0 Å². The van der Waals surface area contributed by atoms with Crippen molar-refractivity contribution in [1.82, 2.24) is 10.5 Å². The van der Waals surface area contributed by atoms with Crippen molar-refractivity contribution in [2.45, 2.75) is 25.8 Å². The SMILES string of the molecule is CC(C)(NC(=O)Cc1noc2c(Cl)cccc12)c1ccccc1. The number of amides is 1. The fourth-order valence-electron chi connectivity index (χ4n) is 2.58. The second-order valence-electron chi connectivity index (χ2n) is 5.96. The minimum absolute atomic E-state index is 0.117. The molecule has 0 saturated carbocycles. The topological polar surface area (TPSA) is 55.1 Å². The van der Waals surface area contributed by atoms with Gasteiger partial charge in [-0.25, -0.2) is 0 Å². The first-order valence-corrected chi connectivity index (χ1v) is 7.74. The molecular weight excluding hydrogens is 312 g/mol. The van der Waals surface area contributed by atoms with Crippen LogP contribution in [-0.4, -0.2) is 11.1 Å². The van der Waals surface area contributed by atoms with E-state index < -0.39 is 5.54 Å². The third-order valence-electron chi connectivity index (χ3n) is 3.80. The Morgan fingerprint density at radius 2 is 1.91 bits per heavy atom. The van der Waals surface area contributed by atoms with Gasteiger partial charge in [0.15, 0.2) is 5.58 Å². The van der Waals surface area contributed by atoms with E-state index in [1.165, 1.54) is 0 Å². The molecule has 0 aliphatic carbocycles. The summed E-state index contributed by atoms with van der Waals surface area (Å²) in [7, 11) is 0. The second-order valence-corrected chi connectivity index (χ2v) is 6.37. The number of hydrogen-bond acceptors (Lipinski definition) is 3. The van der Waals surface area contributed by atoms with Crippen molar-refractivity contribution in [2.75, 3.05) is 0 Å². The molecule has 0 radical (unpaired) electrons. The summed E-state index contributed by atoms with van der Waals surface area (Å²) in [6.07, 6.45) is 0.142. The Kier molecular flexibility index (Phi) is 4.09. The van der Waals surface area contributed by atoms with Gasteiger partial charge in [0.05, 0.1) is 17.0 Å². The number of carbonyl (C=O) groups is 1. The van der Waals surface area contributed by atoms with E-state index in [0.717, 1.165) is 10.9 Å². The third-order valence-corrected chi connectivity index (χ3v) is 4.10. The van der Waals surface area contributed by atoms with Crippen LogP contribution in [0.2, 0.25) is 5.02 Å². The van der Waals surface area contributed by atoms with Crippen LogP contribution in [0, 0.1) is 0 Å². The third kappa shape index (κ3) is 3.22.